The summed E-state index contributed by atoms with van der Waals surface area (Å²) in [4.78, 5) is 23.8. The van der Waals surface area contributed by atoms with Crippen molar-refractivity contribution in [3.63, 3.8) is 0 Å². The van der Waals surface area contributed by atoms with Gasteiger partial charge in [0.15, 0.2) is 11.3 Å². The van der Waals surface area contributed by atoms with Gasteiger partial charge in [0.05, 0.1) is 0 Å². The van der Waals surface area contributed by atoms with Crippen molar-refractivity contribution in [1.29, 1.82) is 0 Å². The number of fused-ring (bicyclic) bond motifs is 1. The lowest BCUT2D eigenvalue weighted by molar-refractivity contribution is 0.0907. The Kier molecular flexibility index (Phi) is 2.33. The predicted molar refractivity (Wildman–Crippen MR) is 68.4 cm³/mol. The minimum Gasteiger partial charge on any atom is -0.291 e. The van der Waals surface area contributed by atoms with Crippen LogP contribution in [0.2, 0.25) is 0 Å². The lowest BCUT2D eigenvalue weighted by Crippen LogP contribution is -2.30. The summed E-state index contributed by atoms with van der Waals surface area (Å²) in [6.07, 6.45) is 0.357. The lowest BCUT2D eigenvalue weighted by Gasteiger charge is -2.18. The number of benzene rings is 2. The van der Waals surface area contributed by atoms with E-state index in [-0.39, 0.29) is 5.78 Å². The SMILES string of the molecule is O=NC1(c2ccccc2)Cc2ccccc2C1=O. The summed E-state index contributed by atoms with van der Waals surface area (Å²) < 4.78 is 0. The minimum absolute atomic E-state index is 0.195. The second-order valence-corrected chi connectivity index (χ2v) is 4.48. The Hall–Kier alpha value is -2.29. The summed E-state index contributed by atoms with van der Waals surface area (Å²) in [6, 6.07) is 16.4. The zero-order valence-corrected chi connectivity index (χ0v) is 9.67. The Morgan fingerprint density at radius 1 is 0.944 bits per heavy atom. The Morgan fingerprint density at radius 3 is 2.28 bits per heavy atom. The third kappa shape index (κ3) is 1.34. The highest BCUT2D eigenvalue weighted by Gasteiger charge is 2.48. The molecule has 2 aromatic rings. The smallest absolute Gasteiger partial charge is 0.199 e. The summed E-state index contributed by atoms with van der Waals surface area (Å²) in [7, 11) is 0. The lowest BCUT2D eigenvalue weighted by atomic mass is 9.87. The summed E-state index contributed by atoms with van der Waals surface area (Å²) in [5.74, 6) is -0.195. The molecule has 0 N–H and O–H groups in total. The van der Waals surface area contributed by atoms with E-state index in [1.165, 1.54) is 0 Å². The highest BCUT2D eigenvalue weighted by molar-refractivity contribution is 6.08. The Bertz CT molecular complexity index is 621. The fraction of sp³-hybridized carbons (Fsp3) is 0.133. The van der Waals surface area contributed by atoms with E-state index in [2.05, 4.69) is 5.18 Å². The topological polar surface area (TPSA) is 46.5 Å². The van der Waals surface area contributed by atoms with Gasteiger partial charge in [0.2, 0.25) is 0 Å². The van der Waals surface area contributed by atoms with E-state index in [9.17, 15) is 9.70 Å². The first-order chi connectivity index (χ1) is 8.78. The number of nitrogens with zero attached hydrogens (tertiary/aromatic N) is 1. The zero-order valence-electron chi connectivity index (χ0n) is 9.67. The van der Waals surface area contributed by atoms with Crippen LogP contribution in [0.5, 0.6) is 0 Å². The van der Waals surface area contributed by atoms with E-state index >= 15 is 0 Å². The van der Waals surface area contributed by atoms with Crippen molar-refractivity contribution in [2.24, 2.45) is 5.18 Å². The summed E-state index contributed by atoms with van der Waals surface area (Å²) in [6.45, 7) is 0. The highest BCUT2D eigenvalue weighted by atomic mass is 16.3. The van der Waals surface area contributed by atoms with Crippen LogP contribution >= 0.6 is 0 Å². The molecule has 18 heavy (non-hydrogen) atoms. The van der Waals surface area contributed by atoms with Crippen LogP contribution in [0.4, 0.5) is 0 Å². The van der Waals surface area contributed by atoms with Gasteiger partial charge in [0.25, 0.3) is 0 Å². The van der Waals surface area contributed by atoms with Gasteiger partial charge in [-0.05, 0) is 16.3 Å². The first-order valence-electron chi connectivity index (χ1n) is 5.81. The van der Waals surface area contributed by atoms with Crippen LogP contribution in [0, 0.1) is 4.91 Å². The number of Topliss-reactive ketones (excluding diaryl/α,β-unsaturated/α-hetero) is 1. The molecule has 3 rings (SSSR count). The maximum absolute atomic E-state index is 12.5. The van der Waals surface area contributed by atoms with Crippen LogP contribution in [0.25, 0.3) is 0 Å². The normalized spacial score (nSPS) is 21.7. The minimum atomic E-state index is -1.27. The molecule has 0 saturated carbocycles. The largest absolute Gasteiger partial charge is 0.291 e. The van der Waals surface area contributed by atoms with Gasteiger partial charge in [-0.3, -0.25) is 4.79 Å². The molecule has 3 nitrogen and oxygen atoms in total. The number of nitroso groups, excluding NO2 is 1. The number of hydrogen-bond donors (Lipinski definition) is 0. The van der Waals surface area contributed by atoms with E-state index < -0.39 is 5.54 Å². The van der Waals surface area contributed by atoms with Gasteiger partial charge in [-0.25, -0.2) is 0 Å². The van der Waals surface area contributed by atoms with Gasteiger partial charge in [-0.1, -0.05) is 54.6 Å². The second kappa shape index (κ2) is 3.88. The van der Waals surface area contributed by atoms with Crippen LogP contribution in [-0.2, 0) is 12.0 Å². The van der Waals surface area contributed by atoms with Crippen molar-refractivity contribution in [1.82, 2.24) is 0 Å². The number of rotatable bonds is 2. The van der Waals surface area contributed by atoms with Crippen LogP contribution in [0.1, 0.15) is 21.5 Å². The van der Waals surface area contributed by atoms with Crippen LogP contribution in [-0.4, -0.2) is 5.78 Å². The Labute approximate surface area is 104 Å². The Morgan fingerprint density at radius 2 is 1.61 bits per heavy atom. The summed E-state index contributed by atoms with van der Waals surface area (Å²) in [5, 5.41) is 3.19. The molecule has 0 heterocycles. The van der Waals surface area contributed by atoms with Gasteiger partial charge in [0.1, 0.15) is 0 Å². The van der Waals surface area contributed by atoms with Crippen LogP contribution in [0.3, 0.4) is 0 Å². The van der Waals surface area contributed by atoms with Crippen LogP contribution < -0.4 is 0 Å². The molecule has 0 spiro atoms. The van der Waals surface area contributed by atoms with E-state index in [4.69, 9.17) is 0 Å². The van der Waals surface area contributed by atoms with E-state index in [1.807, 2.05) is 36.4 Å². The average Bonchev–Trinajstić information content (AvgIpc) is 2.74. The van der Waals surface area contributed by atoms with Gasteiger partial charge in [-0.15, -0.1) is 4.91 Å². The number of hydrogen-bond acceptors (Lipinski definition) is 3. The molecule has 0 fully saturated rings. The number of carbonyl (C=O) groups is 1. The fourth-order valence-electron chi connectivity index (χ4n) is 2.55. The quantitative estimate of drug-likeness (QED) is 0.753. The third-order valence-electron chi connectivity index (χ3n) is 3.49. The molecule has 1 aliphatic carbocycles. The maximum Gasteiger partial charge on any atom is 0.199 e. The van der Waals surface area contributed by atoms with E-state index in [1.54, 1.807) is 18.2 Å². The molecule has 0 saturated heterocycles. The van der Waals surface area contributed by atoms with Gasteiger partial charge < -0.3 is 0 Å². The highest BCUT2D eigenvalue weighted by Crippen LogP contribution is 2.40. The standard InChI is InChI=1S/C15H11NO2/c17-14-13-9-5-4-6-11(13)10-15(14,16-18)12-7-2-1-3-8-12/h1-9H,10H2. The summed E-state index contributed by atoms with van der Waals surface area (Å²) >= 11 is 0. The fourth-order valence-corrected chi connectivity index (χ4v) is 2.55. The molecule has 0 amide bonds. The first-order valence-corrected chi connectivity index (χ1v) is 5.81. The number of carbonyl (C=O) groups excluding carboxylic acids is 1. The van der Waals surface area contributed by atoms with Gasteiger partial charge in [0, 0.05) is 12.0 Å². The van der Waals surface area contributed by atoms with Gasteiger partial charge >= 0.3 is 0 Å². The van der Waals surface area contributed by atoms with Crippen molar-refractivity contribution in [3.8, 4) is 0 Å². The molecule has 3 heteroatoms. The van der Waals surface area contributed by atoms with Crippen molar-refractivity contribution in [2.75, 3.05) is 0 Å². The second-order valence-electron chi connectivity index (χ2n) is 4.48. The molecular formula is C15H11NO2. The van der Waals surface area contributed by atoms with Gasteiger partial charge in [-0.2, -0.15) is 0 Å². The molecule has 0 aliphatic heterocycles. The predicted octanol–water partition coefficient (Wildman–Crippen LogP) is 3.09. The first kappa shape index (κ1) is 10.8. The van der Waals surface area contributed by atoms with Crippen molar-refractivity contribution in [2.45, 2.75) is 12.0 Å². The van der Waals surface area contributed by atoms with Crippen LogP contribution in [0.15, 0.2) is 59.8 Å². The van der Waals surface area contributed by atoms with E-state index in [0.717, 1.165) is 5.56 Å². The Balaban J connectivity index is 2.18. The molecule has 0 bridgehead atoms. The molecule has 88 valence electrons. The molecule has 2 aromatic carbocycles. The molecule has 0 radical (unpaired) electrons. The molecule has 1 unspecified atom stereocenters. The molecule has 1 atom stereocenters. The summed E-state index contributed by atoms with van der Waals surface area (Å²) in [5.41, 5.74) is 0.901. The molecular weight excluding hydrogens is 226 g/mol. The average molecular weight is 237 g/mol. The van der Waals surface area contributed by atoms with Crippen molar-refractivity contribution in [3.05, 3.63) is 76.2 Å². The van der Waals surface area contributed by atoms with Crippen molar-refractivity contribution < 1.29 is 4.79 Å². The third-order valence-corrected chi connectivity index (χ3v) is 3.49. The molecule has 1 aliphatic rings. The van der Waals surface area contributed by atoms with Crippen molar-refractivity contribution >= 4 is 5.78 Å². The monoisotopic (exact) mass is 237 g/mol. The zero-order chi connectivity index (χ0) is 12.6. The number of ketones is 1. The van der Waals surface area contributed by atoms with E-state index in [0.29, 0.717) is 17.5 Å². The molecule has 0 aromatic heterocycles. The maximum atomic E-state index is 12.5.